The second-order valence-electron chi connectivity index (χ2n) is 1.21. The molecule has 0 aliphatic rings. The molecule has 0 atom stereocenters. The summed E-state index contributed by atoms with van der Waals surface area (Å²) >= 11 is 1.08. The highest BCUT2D eigenvalue weighted by molar-refractivity contribution is 7.09. The lowest BCUT2D eigenvalue weighted by Gasteiger charge is -1.85. The molecule has 44 valence electrons. The van der Waals surface area contributed by atoms with Gasteiger partial charge in [0.05, 0.1) is 2.74 Å². The zero-order valence-corrected chi connectivity index (χ0v) is 4.90. The highest BCUT2D eigenvalue weighted by Gasteiger charge is 1.87. The van der Waals surface area contributed by atoms with Gasteiger partial charge in [-0.25, -0.2) is 0 Å². The van der Waals surface area contributed by atoms with Gasteiger partial charge in [-0.05, 0) is 11.4 Å². The lowest BCUT2D eigenvalue weighted by atomic mass is 10.4. The van der Waals surface area contributed by atoms with Crippen molar-refractivity contribution in [3.8, 4) is 0 Å². The fourth-order valence-electron chi connectivity index (χ4n) is 0.405. The Bertz CT molecular complexity index is 251. The number of rotatable bonds is 2. The maximum atomic E-state index is 8.88. The molecule has 1 heterocycles. The summed E-state index contributed by atoms with van der Waals surface area (Å²) in [6.07, 6.45) is -2.33. The summed E-state index contributed by atoms with van der Waals surface area (Å²) < 4.78 is 28.3. The molecule has 1 rings (SSSR count). The molecule has 1 aromatic heterocycles. The summed E-state index contributed by atoms with van der Waals surface area (Å²) in [5.41, 5.74) is 0. The van der Waals surface area contributed by atoms with E-state index in [0.29, 0.717) is 0 Å². The maximum absolute atomic E-state index is 8.88. The highest BCUT2D eigenvalue weighted by Crippen LogP contribution is 2.07. The lowest BCUT2D eigenvalue weighted by molar-refractivity contribution is 0.300. The van der Waals surface area contributed by atoms with Gasteiger partial charge >= 0.3 is 0 Å². The minimum absolute atomic E-state index is 0.190. The van der Waals surface area contributed by atoms with Gasteiger partial charge in [-0.15, -0.1) is 11.3 Å². The molecule has 0 spiro atoms. The van der Waals surface area contributed by atoms with Crippen LogP contribution < -0.4 is 0 Å². The van der Waals surface area contributed by atoms with E-state index in [2.05, 4.69) is 0 Å². The molecule has 8 heavy (non-hydrogen) atoms. The van der Waals surface area contributed by atoms with Crippen LogP contribution in [0.2, 0.25) is 0 Å². The van der Waals surface area contributed by atoms with E-state index in [-0.39, 0.29) is 4.88 Å². The van der Waals surface area contributed by atoms with Crippen LogP contribution in [0.25, 0.3) is 0 Å². The molecule has 0 saturated carbocycles. The van der Waals surface area contributed by atoms with Crippen molar-refractivity contribution in [3.05, 3.63) is 22.4 Å². The number of hydrogen-bond acceptors (Lipinski definition) is 2. The number of aryl methyl sites for hydroxylation is 1. The summed E-state index contributed by atoms with van der Waals surface area (Å²) in [5.74, 6) is 0. The van der Waals surface area contributed by atoms with E-state index < -0.39 is 12.9 Å². The SMILES string of the molecule is [2H]C([2H])(O)C([2H])([2H])c1cccs1. The average Bonchev–Trinajstić information content (AvgIpc) is 2.34. The van der Waals surface area contributed by atoms with Crippen molar-refractivity contribution in [1.82, 2.24) is 0 Å². The predicted octanol–water partition coefficient (Wildman–Crippen LogP) is 1.28. The highest BCUT2D eigenvalue weighted by atomic mass is 32.1. The molecule has 0 bridgehead atoms. The third kappa shape index (κ3) is 1.32. The smallest absolute Gasteiger partial charge is 0.0567 e. The Morgan fingerprint density at radius 1 is 1.88 bits per heavy atom. The molecule has 0 saturated heterocycles. The van der Waals surface area contributed by atoms with E-state index in [9.17, 15) is 0 Å². The summed E-state index contributed by atoms with van der Waals surface area (Å²) in [6, 6.07) is 3.07. The first-order valence-corrected chi connectivity index (χ1v) is 3.00. The number of hydrogen-bond donors (Lipinski definition) is 1. The van der Waals surface area contributed by atoms with Crippen LogP contribution in [0, 0.1) is 0 Å². The van der Waals surface area contributed by atoms with Crippen molar-refractivity contribution in [2.75, 3.05) is 6.56 Å². The second kappa shape index (κ2) is 2.84. The van der Waals surface area contributed by atoms with Crippen LogP contribution in [-0.4, -0.2) is 11.7 Å². The Labute approximate surface area is 58.2 Å². The van der Waals surface area contributed by atoms with Gasteiger partial charge < -0.3 is 5.11 Å². The van der Waals surface area contributed by atoms with E-state index in [1.54, 1.807) is 11.4 Å². The van der Waals surface area contributed by atoms with Crippen molar-refractivity contribution in [3.63, 3.8) is 0 Å². The van der Waals surface area contributed by atoms with Crippen molar-refractivity contribution in [2.45, 2.75) is 6.37 Å². The molecule has 0 fully saturated rings. The van der Waals surface area contributed by atoms with E-state index in [1.807, 2.05) is 0 Å². The first-order chi connectivity index (χ1) is 5.36. The van der Waals surface area contributed by atoms with Crippen LogP contribution in [0.15, 0.2) is 17.5 Å². The Balaban J connectivity index is 3.02. The number of aliphatic hydroxyl groups is 1. The van der Waals surface area contributed by atoms with Crippen molar-refractivity contribution >= 4 is 11.3 Å². The third-order valence-corrected chi connectivity index (χ3v) is 1.49. The zero-order valence-electron chi connectivity index (χ0n) is 8.09. The molecule has 1 N–H and O–H groups in total. The van der Waals surface area contributed by atoms with Gasteiger partial charge in [0, 0.05) is 20.6 Å². The van der Waals surface area contributed by atoms with E-state index in [0.717, 1.165) is 11.3 Å². The van der Waals surface area contributed by atoms with Crippen LogP contribution in [0.5, 0.6) is 0 Å². The molecule has 0 aliphatic carbocycles. The molecule has 0 radical (unpaired) electrons. The van der Waals surface area contributed by atoms with Crippen molar-refractivity contribution in [2.24, 2.45) is 0 Å². The van der Waals surface area contributed by atoms with Crippen molar-refractivity contribution in [1.29, 1.82) is 0 Å². The van der Waals surface area contributed by atoms with E-state index >= 15 is 0 Å². The Kier molecular flexibility index (Phi) is 0.889. The third-order valence-electron chi connectivity index (χ3n) is 0.700. The molecular formula is C6H8OS. The minimum Gasteiger partial charge on any atom is -0.396 e. The standard InChI is InChI=1S/C6H8OS/c7-4-3-6-2-1-5-8-6/h1-2,5,7H,3-4H2/i3D2,4D2. The van der Waals surface area contributed by atoms with Gasteiger partial charge in [-0.1, -0.05) is 6.07 Å². The van der Waals surface area contributed by atoms with Gasteiger partial charge in [-0.2, -0.15) is 0 Å². The summed E-state index contributed by atoms with van der Waals surface area (Å²) in [7, 11) is 0. The second-order valence-corrected chi connectivity index (χ2v) is 2.16. The van der Waals surface area contributed by atoms with E-state index in [4.69, 9.17) is 10.6 Å². The van der Waals surface area contributed by atoms with Crippen LogP contribution in [-0.2, 0) is 6.37 Å². The predicted molar refractivity (Wildman–Crippen MR) is 35.1 cm³/mol. The molecule has 1 nitrogen and oxygen atoms in total. The number of thiophene rings is 1. The lowest BCUT2D eigenvalue weighted by Crippen LogP contribution is -1.84. The summed E-state index contributed by atoms with van der Waals surface area (Å²) in [4.78, 5) is 0.190. The van der Waals surface area contributed by atoms with Gasteiger partial charge in [0.1, 0.15) is 0 Å². The molecule has 0 aromatic carbocycles. The largest absolute Gasteiger partial charge is 0.396 e. The molecule has 0 unspecified atom stereocenters. The fraction of sp³-hybridized carbons (Fsp3) is 0.333. The van der Waals surface area contributed by atoms with Crippen LogP contribution in [0.1, 0.15) is 10.4 Å². The molecule has 2 heteroatoms. The Hall–Kier alpha value is -0.340. The first-order valence-electron chi connectivity index (χ1n) is 4.12. The Morgan fingerprint density at radius 2 is 2.75 bits per heavy atom. The molecule has 1 aromatic rings. The van der Waals surface area contributed by atoms with Crippen LogP contribution in [0.4, 0.5) is 0 Å². The monoisotopic (exact) mass is 132 g/mol. The normalized spacial score (nSPS) is 20.6. The van der Waals surface area contributed by atoms with Crippen LogP contribution in [0.3, 0.4) is 0 Å². The van der Waals surface area contributed by atoms with Crippen LogP contribution >= 0.6 is 11.3 Å². The minimum atomic E-state index is -2.84. The van der Waals surface area contributed by atoms with E-state index in [1.165, 1.54) is 6.07 Å². The molecular weight excluding hydrogens is 120 g/mol. The zero-order chi connectivity index (χ0) is 9.41. The van der Waals surface area contributed by atoms with Crippen molar-refractivity contribution < 1.29 is 10.6 Å². The topological polar surface area (TPSA) is 20.2 Å². The molecule has 0 amide bonds. The average molecular weight is 132 g/mol. The van der Waals surface area contributed by atoms with Gasteiger partial charge in [0.25, 0.3) is 0 Å². The summed E-state index contributed by atoms with van der Waals surface area (Å²) in [5, 5.41) is 10.5. The quantitative estimate of drug-likeness (QED) is 0.642. The summed E-state index contributed by atoms with van der Waals surface area (Å²) in [6.45, 7) is -2.84. The first kappa shape index (κ1) is 2.50. The van der Waals surface area contributed by atoms with Gasteiger partial charge in [-0.3, -0.25) is 0 Å². The van der Waals surface area contributed by atoms with Gasteiger partial charge in [0.15, 0.2) is 0 Å². The molecule has 0 aliphatic heterocycles. The van der Waals surface area contributed by atoms with Gasteiger partial charge in [0.2, 0.25) is 0 Å². The Morgan fingerprint density at radius 3 is 3.25 bits per heavy atom. The maximum Gasteiger partial charge on any atom is 0.0567 e. The fourth-order valence-corrected chi connectivity index (χ4v) is 0.970.